The van der Waals surface area contributed by atoms with Crippen LogP contribution in [-0.4, -0.2) is 10.1 Å². The van der Waals surface area contributed by atoms with E-state index in [2.05, 4.69) is 20.9 Å². The lowest BCUT2D eigenvalue weighted by molar-refractivity contribution is 0.474. The van der Waals surface area contributed by atoms with Crippen molar-refractivity contribution in [1.29, 1.82) is 5.26 Å². The van der Waals surface area contributed by atoms with E-state index < -0.39 is 0 Å². The number of hydrogen-bond donors (Lipinski definition) is 1. The van der Waals surface area contributed by atoms with Gasteiger partial charge in [-0.05, 0) is 34.1 Å². The zero-order chi connectivity index (χ0) is 10.1. The van der Waals surface area contributed by atoms with Gasteiger partial charge in [-0.15, -0.1) is 0 Å². The van der Waals surface area contributed by atoms with E-state index in [1.165, 1.54) is 6.20 Å². The average molecular weight is 249 g/mol. The Balaban J connectivity index is 2.85. The summed E-state index contributed by atoms with van der Waals surface area (Å²) < 4.78 is 0.756. The minimum Gasteiger partial charge on any atom is -0.506 e. The Morgan fingerprint density at radius 3 is 2.86 bits per heavy atom. The number of halogens is 1. The molecule has 14 heavy (non-hydrogen) atoms. The van der Waals surface area contributed by atoms with Crippen LogP contribution in [0, 0.1) is 11.3 Å². The molecule has 0 saturated carbocycles. The molecule has 0 unspecified atom stereocenters. The minimum atomic E-state index is 0.0967. The molecular formula is C10H5BrN2O. The van der Waals surface area contributed by atoms with E-state index >= 15 is 0 Å². The maximum absolute atomic E-state index is 9.22. The van der Waals surface area contributed by atoms with Gasteiger partial charge in [-0.2, -0.15) is 5.26 Å². The van der Waals surface area contributed by atoms with Gasteiger partial charge in [-0.1, -0.05) is 0 Å². The van der Waals surface area contributed by atoms with E-state index in [0.29, 0.717) is 5.56 Å². The summed E-state index contributed by atoms with van der Waals surface area (Å²) in [7, 11) is 0. The van der Waals surface area contributed by atoms with Crippen molar-refractivity contribution in [2.45, 2.75) is 0 Å². The molecule has 1 aromatic carbocycles. The summed E-state index contributed by atoms with van der Waals surface area (Å²) in [4.78, 5) is 4.05. The second kappa shape index (κ2) is 3.28. The monoisotopic (exact) mass is 248 g/mol. The summed E-state index contributed by atoms with van der Waals surface area (Å²) in [6.07, 6.45) is 1.37. The van der Waals surface area contributed by atoms with Crippen LogP contribution in [0.3, 0.4) is 0 Å². The van der Waals surface area contributed by atoms with Crippen LogP contribution in [0.2, 0.25) is 0 Å². The van der Waals surface area contributed by atoms with Gasteiger partial charge in [-0.25, -0.2) is 0 Å². The second-order valence-corrected chi connectivity index (χ2v) is 3.69. The van der Waals surface area contributed by atoms with Crippen molar-refractivity contribution in [3.05, 3.63) is 34.4 Å². The molecule has 0 aliphatic heterocycles. The molecule has 1 heterocycles. The number of aromatic hydroxyl groups is 1. The summed E-state index contributed by atoms with van der Waals surface area (Å²) in [6.45, 7) is 0. The molecule has 1 aromatic heterocycles. The molecule has 68 valence electrons. The smallest absolute Gasteiger partial charge is 0.134 e. The van der Waals surface area contributed by atoms with Crippen LogP contribution in [0.25, 0.3) is 10.9 Å². The fraction of sp³-hybridized carbons (Fsp3) is 0. The highest BCUT2D eigenvalue weighted by atomic mass is 79.9. The standard InChI is InChI=1S/C10H5BrN2O/c11-9-2-6(4-12)1-7-3-8(14)5-13-10(7)9/h1-3,5,14H. The number of hydrogen-bond acceptors (Lipinski definition) is 3. The lowest BCUT2D eigenvalue weighted by Crippen LogP contribution is -1.82. The van der Waals surface area contributed by atoms with Gasteiger partial charge in [0.2, 0.25) is 0 Å². The first-order valence-corrected chi connectivity index (χ1v) is 4.68. The van der Waals surface area contributed by atoms with Crippen LogP contribution < -0.4 is 0 Å². The van der Waals surface area contributed by atoms with Gasteiger partial charge in [0, 0.05) is 9.86 Å². The van der Waals surface area contributed by atoms with Crippen molar-refractivity contribution in [1.82, 2.24) is 4.98 Å². The van der Waals surface area contributed by atoms with Crippen LogP contribution in [0.4, 0.5) is 0 Å². The Morgan fingerprint density at radius 2 is 2.14 bits per heavy atom. The van der Waals surface area contributed by atoms with Crippen LogP contribution >= 0.6 is 15.9 Å². The third kappa shape index (κ3) is 1.42. The Morgan fingerprint density at radius 1 is 1.36 bits per heavy atom. The van der Waals surface area contributed by atoms with Gasteiger partial charge in [0.25, 0.3) is 0 Å². The minimum absolute atomic E-state index is 0.0967. The number of aromatic nitrogens is 1. The summed E-state index contributed by atoms with van der Waals surface area (Å²) in [5, 5.41) is 18.7. The lowest BCUT2D eigenvalue weighted by atomic mass is 10.1. The zero-order valence-corrected chi connectivity index (χ0v) is 8.62. The number of rotatable bonds is 0. The lowest BCUT2D eigenvalue weighted by Gasteiger charge is -2.00. The molecule has 0 bridgehead atoms. The van der Waals surface area contributed by atoms with Crippen molar-refractivity contribution in [3.63, 3.8) is 0 Å². The predicted octanol–water partition coefficient (Wildman–Crippen LogP) is 2.57. The normalized spacial score (nSPS) is 10.0. The number of benzene rings is 1. The maximum Gasteiger partial charge on any atom is 0.134 e. The maximum atomic E-state index is 9.22. The third-order valence-corrected chi connectivity index (χ3v) is 2.46. The summed E-state index contributed by atoms with van der Waals surface area (Å²) in [6, 6.07) is 7.01. The number of nitrogens with zero attached hydrogens (tertiary/aromatic N) is 2. The van der Waals surface area contributed by atoms with E-state index in [-0.39, 0.29) is 5.75 Å². The van der Waals surface area contributed by atoms with Crippen molar-refractivity contribution in [2.24, 2.45) is 0 Å². The van der Waals surface area contributed by atoms with Gasteiger partial charge in [0.15, 0.2) is 0 Å². The molecule has 0 aliphatic rings. The summed E-state index contributed by atoms with van der Waals surface area (Å²) in [5.41, 5.74) is 1.28. The molecule has 3 nitrogen and oxygen atoms in total. The first-order chi connectivity index (χ1) is 6.70. The molecule has 0 atom stereocenters. The Bertz CT molecular complexity index is 546. The molecule has 0 radical (unpaired) electrons. The van der Waals surface area contributed by atoms with Gasteiger partial charge in [0.05, 0.1) is 23.3 Å². The van der Waals surface area contributed by atoms with Crippen molar-refractivity contribution >= 4 is 26.8 Å². The van der Waals surface area contributed by atoms with E-state index in [9.17, 15) is 5.11 Å². The highest BCUT2D eigenvalue weighted by Gasteiger charge is 2.03. The summed E-state index contributed by atoms with van der Waals surface area (Å²) in [5.74, 6) is 0.0967. The highest BCUT2D eigenvalue weighted by Crippen LogP contribution is 2.25. The topological polar surface area (TPSA) is 56.9 Å². The summed E-state index contributed by atoms with van der Waals surface area (Å²) >= 11 is 3.32. The molecule has 0 spiro atoms. The van der Waals surface area contributed by atoms with Crippen LogP contribution in [0.1, 0.15) is 5.56 Å². The molecule has 0 amide bonds. The molecule has 4 heteroatoms. The number of fused-ring (bicyclic) bond motifs is 1. The Hall–Kier alpha value is -1.60. The van der Waals surface area contributed by atoms with Gasteiger partial charge in [0.1, 0.15) is 5.75 Å². The van der Waals surface area contributed by atoms with E-state index in [4.69, 9.17) is 5.26 Å². The van der Waals surface area contributed by atoms with Crippen molar-refractivity contribution in [3.8, 4) is 11.8 Å². The third-order valence-electron chi connectivity index (χ3n) is 1.85. The first kappa shape index (κ1) is 8.97. The SMILES string of the molecule is N#Cc1cc(Br)c2ncc(O)cc2c1. The van der Waals surface area contributed by atoms with E-state index in [0.717, 1.165) is 15.4 Å². The fourth-order valence-electron chi connectivity index (χ4n) is 1.26. The fourth-order valence-corrected chi connectivity index (χ4v) is 1.84. The molecular weight excluding hydrogens is 244 g/mol. The van der Waals surface area contributed by atoms with Gasteiger partial charge >= 0.3 is 0 Å². The number of nitriles is 1. The molecule has 0 fully saturated rings. The molecule has 2 aromatic rings. The van der Waals surface area contributed by atoms with Crippen LogP contribution in [-0.2, 0) is 0 Å². The zero-order valence-electron chi connectivity index (χ0n) is 7.03. The van der Waals surface area contributed by atoms with E-state index in [1.54, 1.807) is 18.2 Å². The largest absolute Gasteiger partial charge is 0.506 e. The van der Waals surface area contributed by atoms with Gasteiger partial charge < -0.3 is 5.11 Å². The molecule has 2 rings (SSSR count). The Labute approximate surface area is 88.8 Å². The molecule has 0 aliphatic carbocycles. The molecule has 1 N–H and O–H groups in total. The average Bonchev–Trinajstić information content (AvgIpc) is 2.16. The molecule has 0 saturated heterocycles. The first-order valence-electron chi connectivity index (χ1n) is 3.89. The van der Waals surface area contributed by atoms with E-state index in [1.807, 2.05) is 6.07 Å². The second-order valence-electron chi connectivity index (χ2n) is 2.84. The van der Waals surface area contributed by atoms with Crippen molar-refractivity contribution in [2.75, 3.05) is 0 Å². The quantitative estimate of drug-likeness (QED) is 0.780. The highest BCUT2D eigenvalue weighted by molar-refractivity contribution is 9.10. The van der Waals surface area contributed by atoms with Crippen molar-refractivity contribution < 1.29 is 5.11 Å². The Kier molecular flexibility index (Phi) is 2.10. The van der Waals surface area contributed by atoms with Crippen LogP contribution in [0.5, 0.6) is 5.75 Å². The number of pyridine rings is 1. The van der Waals surface area contributed by atoms with Crippen LogP contribution in [0.15, 0.2) is 28.9 Å². The predicted molar refractivity (Wildman–Crippen MR) is 55.8 cm³/mol. The van der Waals surface area contributed by atoms with Gasteiger partial charge in [-0.3, -0.25) is 4.98 Å².